The zero-order valence-electron chi connectivity index (χ0n) is 14.6. The molecule has 0 N–H and O–H groups in total. The number of benzene rings is 1. The second-order valence-electron chi connectivity index (χ2n) is 7.51. The van der Waals surface area contributed by atoms with Crippen LogP contribution in [0.1, 0.15) is 55.8 Å². The third-order valence-corrected chi connectivity index (χ3v) is 5.73. The number of carbonyl (C=O) groups excluding carboxylic acids is 1. The average molecular weight is 358 g/mol. The van der Waals surface area contributed by atoms with E-state index in [1.54, 1.807) is 10.9 Å². The maximum Gasteiger partial charge on any atom is 0.257 e. The molecule has 5 heteroatoms. The zero-order chi connectivity index (χ0) is 17.4. The topological polar surface area (TPSA) is 38.1 Å². The third-order valence-electron chi connectivity index (χ3n) is 5.47. The van der Waals surface area contributed by atoms with E-state index >= 15 is 0 Å². The summed E-state index contributed by atoms with van der Waals surface area (Å²) in [4.78, 5) is 15.3. The van der Waals surface area contributed by atoms with Crippen LogP contribution < -0.4 is 0 Å². The summed E-state index contributed by atoms with van der Waals surface area (Å²) in [5, 5.41) is 5.08. The van der Waals surface area contributed by atoms with E-state index in [1.165, 1.54) is 12.8 Å². The molecule has 0 radical (unpaired) electrons. The van der Waals surface area contributed by atoms with Crippen LogP contribution in [0, 0.1) is 5.92 Å². The molecule has 4 nitrogen and oxygen atoms in total. The summed E-state index contributed by atoms with van der Waals surface area (Å²) in [6, 6.07) is 8.31. The summed E-state index contributed by atoms with van der Waals surface area (Å²) in [5.74, 6) is 0.933. The lowest BCUT2D eigenvalue weighted by Crippen LogP contribution is -2.43. The van der Waals surface area contributed by atoms with E-state index in [4.69, 9.17) is 11.6 Å². The minimum atomic E-state index is 0.141. The highest BCUT2D eigenvalue weighted by Gasteiger charge is 2.39. The third kappa shape index (κ3) is 3.59. The molecule has 2 aromatic rings. The number of rotatable bonds is 4. The minimum Gasteiger partial charge on any atom is -0.333 e. The van der Waals surface area contributed by atoms with Gasteiger partial charge in [0.1, 0.15) is 0 Å². The Morgan fingerprint density at radius 1 is 1.08 bits per heavy atom. The van der Waals surface area contributed by atoms with Gasteiger partial charge in [0.2, 0.25) is 0 Å². The molecule has 0 spiro atoms. The Labute approximate surface area is 153 Å². The van der Waals surface area contributed by atoms with Gasteiger partial charge in [-0.15, -0.1) is 0 Å². The van der Waals surface area contributed by atoms with Gasteiger partial charge >= 0.3 is 0 Å². The van der Waals surface area contributed by atoms with Gasteiger partial charge in [-0.3, -0.25) is 4.79 Å². The van der Waals surface area contributed by atoms with Crippen molar-refractivity contribution in [1.29, 1.82) is 0 Å². The second kappa shape index (κ2) is 6.83. The molecular weight excluding hydrogens is 334 g/mol. The Bertz CT molecular complexity index is 743. The summed E-state index contributed by atoms with van der Waals surface area (Å²) in [6.45, 7) is 2.32. The van der Waals surface area contributed by atoms with E-state index in [1.807, 2.05) is 30.5 Å². The Balaban J connectivity index is 1.53. The van der Waals surface area contributed by atoms with Crippen molar-refractivity contribution in [2.75, 3.05) is 0 Å². The summed E-state index contributed by atoms with van der Waals surface area (Å²) in [7, 11) is 0. The van der Waals surface area contributed by atoms with Crippen LogP contribution in [0.3, 0.4) is 0 Å². The van der Waals surface area contributed by atoms with Gasteiger partial charge in [-0.25, -0.2) is 4.68 Å². The molecule has 1 aromatic carbocycles. The van der Waals surface area contributed by atoms with Gasteiger partial charge in [0, 0.05) is 23.3 Å². The van der Waals surface area contributed by atoms with Crippen molar-refractivity contribution in [1.82, 2.24) is 14.7 Å². The smallest absolute Gasteiger partial charge is 0.257 e. The Morgan fingerprint density at radius 2 is 1.68 bits per heavy atom. The molecule has 0 unspecified atom stereocenters. The molecule has 0 saturated heterocycles. The minimum absolute atomic E-state index is 0.141. The number of hydrogen-bond donors (Lipinski definition) is 0. The molecule has 0 atom stereocenters. The molecule has 25 heavy (non-hydrogen) atoms. The summed E-state index contributed by atoms with van der Waals surface area (Å²) < 4.78 is 1.75. The number of hydrogen-bond acceptors (Lipinski definition) is 2. The lowest BCUT2D eigenvalue weighted by Gasteiger charge is -2.36. The van der Waals surface area contributed by atoms with Crippen molar-refractivity contribution in [2.24, 2.45) is 5.92 Å². The molecule has 1 aromatic heterocycles. The van der Waals surface area contributed by atoms with Crippen molar-refractivity contribution in [2.45, 2.75) is 57.5 Å². The van der Waals surface area contributed by atoms with Crippen molar-refractivity contribution in [3.63, 3.8) is 0 Å². The summed E-state index contributed by atoms with van der Waals surface area (Å²) >= 11 is 5.94. The molecular formula is C20H24ClN3O. The van der Waals surface area contributed by atoms with E-state index in [9.17, 15) is 4.79 Å². The first-order valence-corrected chi connectivity index (χ1v) is 9.63. The monoisotopic (exact) mass is 357 g/mol. The van der Waals surface area contributed by atoms with Crippen LogP contribution >= 0.6 is 11.6 Å². The maximum absolute atomic E-state index is 13.2. The van der Waals surface area contributed by atoms with Crippen LogP contribution in [-0.4, -0.2) is 32.7 Å². The Hall–Kier alpha value is -1.81. The zero-order valence-corrected chi connectivity index (χ0v) is 15.3. The summed E-state index contributed by atoms with van der Waals surface area (Å²) in [5.41, 5.74) is 1.59. The largest absolute Gasteiger partial charge is 0.333 e. The first-order chi connectivity index (χ1) is 12.1. The van der Waals surface area contributed by atoms with E-state index in [0.717, 1.165) is 37.3 Å². The number of carbonyl (C=O) groups is 1. The van der Waals surface area contributed by atoms with Gasteiger partial charge in [0.05, 0.1) is 17.4 Å². The molecule has 4 rings (SSSR count). The second-order valence-corrected chi connectivity index (χ2v) is 7.94. The summed E-state index contributed by atoms with van der Waals surface area (Å²) in [6.07, 6.45) is 10.5. The van der Waals surface area contributed by atoms with Crippen LogP contribution in [0.15, 0.2) is 36.7 Å². The predicted octanol–water partition coefficient (Wildman–Crippen LogP) is 4.71. The highest BCUT2D eigenvalue weighted by Crippen LogP contribution is 2.36. The molecule has 2 fully saturated rings. The van der Waals surface area contributed by atoms with Crippen LogP contribution in [-0.2, 0) is 0 Å². The van der Waals surface area contributed by atoms with Gasteiger partial charge in [-0.05, 0) is 68.7 Å². The first-order valence-electron chi connectivity index (χ1n) is 9.25. The average Bonchev–Trinajstić information content (AvgIpc) is 3.32. The number of aromatic nitrogens is 2. The fourth-order valence-electron chi connectivity index (χ4n) is 3.82. The van der Waals surface area contributed by atoms with Gasteiger partial charge in [0.25, 0.3) is 5.91 Å². The molecule has 2 saturated carbocycles. The van der Waals surface area contributed by atoms with E-state index < -0.39 is 0 Å². The number of halogens is 1. The molecule has 0 aliphatic heterocycles. The van der Waals surface area contributed by atoms with Gasteiger partial charge in [-0.1, -0.05) is 18.5 Å². The van der Waals surface area contributed by atoms with E-state index in [2.05, 4.69) is 16.9 Å². The van der Waals surface area contributed by atoms with Crippen LogP contribution in [0.2, 0.25) is 5.02 Å². The van der Waals surface area contributed by atoms with E-state index in [0.29, 0.717) is 22.7 Å². The Morgan fingerprint density at radius 3 is 2.28 bits per heavy atom. The van der Waals surface area contributed by atoms with Crippen molar-refractivity contribution >= 4 is 17.5 Å². The standard InChI is InChI=1S/C20H24ClN3O/c1-14-2-6-18(7-3-14)24(19-10-11-19)20(25)15-12-22-23(13-15)17-8-4-16(21)5-9-17/h4-5,8-9,12-14,18-19H,2-3,6-7,10-11H2,1H3. The molecule has 2 aliphatic carbocycles. The number of amides is 1. The fraction of sp³-hybridized carbons (Fsp3) is 0.500. The molecule has 1 heterocycles. The van der Waals surface area contributed by atoms with Crippen molar-refractivity contribution in [3.8, 4) is 5.69 Å². The molecule has 2 aliphatic rings. The first kappa shape index (κ1) is 16.6. The highest BCUT2D eigenvalue weighted by atomic mass is 35.5. The molecule has 1 amide bonds. The number of nitrogens with zero attached hydrogens (tertiary/aromatic N) is 3. The fourth-order valence-corrected chi connectivity index (χ4v) is 3.95. The van der Waals surface area contributed by atoms with Gasteiger partial charge in [0.15, 0.2) is 0 Å². The quantitative estimate of drug-likeness (QED) is 0.794. The van der Waals surface area contributed by atoms with Gasteiger partial charge in [-0.2, -0.15) is 5.10 Å². The lowest BCUT2D eigenvalue weighted by molar-refractivity contribution is 0.0593. The SMILES string of the molecule is CC1CCC(N(C(=O)c2cnn(-c3ccc(Cl)cc3)c2)C2CC2)CC1. The van der Waals surface area contributed by atoms with Crippen LogP contribution in [0.4, 0.5) is 0 Å². The van der Waals surface area contributed by atoms with Crippen LogP contribution in [0.5, 0.6) is 0 Å². The maximum atomic E-state index is 13.2. The normalized spacial score (nSPS) is 23.4. The lowest BCUT2D eigenvalue weighted by atomic mass is 9.86. The Kier molecular flexibility index (Phi) is 4.55. The van der Waals surface area contributed by atoms with E-state index in [-0.39, 0.29) is 5.91 Å². The van der Waals surface area contributed by atoms with Gasteiger partial charge < -0.3 is 4.90 Å². The van der Waals surface area contributed by atoms with Crippen molar-refractivity contribution in [3.05, 3.63) is 47.2 Å². The highest BCUT2D eigenvalue weighted by molar-refractivity contribution is 6.30. The molecule has 0 bridgehead atoms. The van der Waals surface area contributed by atoms with Crippen LogP contribution in [0.25, 0.3) is 5.69 Å². The molecule has 132 valence electrons. The predicted molar refractivity (Wildman–Crippen MR) is 99.2 cm³/mol. The van der Waals surface area contributed by atoms with Crippen molar-refractivity contribution < 1.29 is 4.79 Å².